The van der Waals surface area contributed by atoms with Crippen molar-refractivity contribution in [1.82, 2.24) is 4.90 Å². The lowest BCUT2D eigenvalue weighted by Crippen LogP contribution is -2.46. The van der Waals surface area contributed by atoms with Crippen molar-refractivity contribution in [3.05, 3.63) is 29.6 Å². The molecule has 3 rings (SSSR count). The minimum absolute atomic E-state index is 0.0101. The number of fused-ring (bicyclic) bond motifs is 2. The van der Waals surface area contributed by atoms with Crippen LogP contribution in [0.2, 0.25) is 0 Å². The van der Waals surface area contributed by atoms with Crippen molar-refractivity contribution in [2.45, 2.75) is 44.2 Å². The van der Waals surface area contributed by atoms with E-state index in [1.165, 1.54) is 12.1 Å². The number of nitrogens with zero attached hydrogens (tertiary/aromatic N) is 1. The van der Waals surface area contributed by atoms with Crippen molar-refractivity contribution >= 4 is 23.6 Å². The van der Waals surface area contributed by atoms with Gasteiger partial charge < -0.3 is 15.8 Å². The van der Waals surface area contributed by atoms with Crippen LogP contribution < -0.4 is 11.1 Å². The quantitative estimate of drug-likeness (QED) is 0.802. The molecule has 2 aliphatic rings. The Kier molecular flexibility index (Phi) is 3.74. The third-order valence-corrected chi connectivity index (χ3v) is 4.52. The van der Waals surface area contributed by atoms with Crippen LogP contribution in [0.4, 0.5) is 14.9 Å². The van der Waals surface area contributed by atoms with Crippen LogP contribution in [0, 0.1) is 5.82 Å². The zero-order chi connectivity index (χ0) is 18.6. The number of carbonyl (C=O) groups is 3. The van der Waals surface area contributed by atoms with Gasteiger partial charge in [-0.25, -0.2) is 9.18 Å². The molecule has 134 valence electrons. The van der Waals surface area contributed by atoms with Gasteiger partial charge in [0.15, 0.2) is 0 Å². The first-order valence-electron chi connectivity index (χ1n) is 7.94. The number of nitrogens with one attached hydrogen (secondary N) is 1. The summed E-state index contributed by atoms with van der Waals surface area (Å²) in [4.78, 5) is 38.1. The maximum atomic E-state index is 14.0. The number of carbonyl (C=O) groups excluding carboxylic acids is 3. The summed E-state index contributed by atoms with van der Waals surface area (Å²) in [6, 6.07) is 3.35. The van der Waals surface area contributed by atoms with E-state index < -0.39 is 40.8 Å². The second-order valence-corrected chi connectivity index (χ2v) is 7.43. The van der Waals surface area contributed by atoms with Gasteiger partial charge in [-0.1, -0.05) is 12.1 Å². The van der Waals surface area contributed by atoms with Gasteiger partial charge in [0.1, 0.15) is 17.5 Å². The molecule has 1 saturated heterocycles. The van der Waals surface area contributed by atoms with Crippen LogP contribution in [0.5, 0.6) is 0 Å². The zero-order valence-corrected chi connectivity index (χ0v) is 14.3. The molecule has 0 saturated carbocycles. The minimum atomic E-state index is -1.21. The van der Waals surface area contributed by atoms with Gasteiger partial charge in [-0.05, 0) is 38.8 Å². The summed E-state index contributed by atoms with van der Waals surface area (Å²) in [7, 11) is 0. The topological polar surface area (TPSA) is 102 Å². The lowest BCUT2D eigenvalue weighted by atomic mass is 9.79. The Morgan fingerprint density at radius 3 is 2.68 bits per heavy atom. The number of nitrogens with two attached hydrogens (primary N) is 1. The van der Waals surface area contributed by atoms with Gasteiger partial charge in [0, 0.05) is 6.54 Å². The number of ether oxygens (including phenoxy) is 1. The minimum Gasteiger partial charge on any atom is -0.444 e. The Morgan fingerprint density at radius 2 is 2.08 bits per heavy atom. The predicted octanol–water partition coefficient (Wildman–Crippen LogP) is 1.51. The van der Waals surface area contributed by atoms with Crippen molar-refractivity contribution in [1.29, 1.82) is 0 Å². The van der Waals surface area contributed by atoms with Gasteiger partial charge in [-0.3, -0.25) is 14.5 Å². The summed E-state index contributed by atoms with van der Waals surface area (Å²) in [6.07, 6.45) is -0.741. The highest BCUT2D eigenvalue weighted by molar-refractivity contribution is 6.08. The molecule has 0 aromatic heterocycles. The number of primary amides is 1. The van der Waals surface area contributed by atoms with Crippen molar-refractivity contribution in [3.63, 3.8) is 0 Å². The SMILES string of the molecule is CC(C)(C)OC(=O)N1C[C@]2(C[C@H]1C(N)=O)C(=O)Nc1c(F)cccc12. The van der Waals surface area contributed by atoms with E-state index in [1.54, 1.807) is 26.8 Å². The molecule has 3 N–H and O–H groups in total. The highest BCUT2D eigenvalue weighted by Crippen LogP contribution is 2.47. The van der Waals surface area contributed by atoms with Gasteiger partial charge in [-0.2, -0.15) is 0 Å². The standard InChI is InChI=1S/C17H20FN3O4/c1-16(2,3)25-15(24)21-8-17(7-11(21)13(19)22)9-5-4-6-10(18)12(9)20-14(17)23/h4-6,11H,7-8H2,1-3H3,(H2,19,22)(H,20,23)/t11-,17-/m0/s1. The maximum absolute atomic E-state index is 14.0. The number of halogens is 1. The summed E-state index contributed by atoms with van der Waals surface area (Å²) in [5, 5.41) is 2.52. The van der Waals surface area contributed by atoms with Crippen molar-refractivity contribution in [3.8, 4) is 0 Å². The first kappa shape index (κ1) is 17.2. The molecule has 2 aliphatic heterocycles. The third kappa shape index (κ3) is 2.71. The van der Waals surface area contributed by atoms with Gasteiger partial charge >= 0.3 is 6.09 Å². The normalized spacial score (nSPS) is 25.0. The largest absolute Gasteiger partial charge is 0.444 e. The number of benzene rings is 1. The first-order valence-corrected chi connectivity index (χ1v) is 7.94. The Labute approximate surface area is 144 Å². The van der Waals surface area contributed by atoms with Crippen molar-refractivity contribution in [2.24, 2.45) is 5.73 Å². The monoisotopic (exact) mass is 349 g/mol. The van der Waals surface area contributed by atoms with Gasteiger partial charge in [0.05, 0.1) is 11.1 Å². The van der Waals surface area contributed by atoms with E-state index in [2.05, 4.69) is 5.32 Å². The molecule has 0 radical (unpaired) electrons. The lowest BCUT2D eigenvalue weighted by molar-refractivity contribution is -0.122. The van der Waals surface area contributed by atoms with Crippen molar-refractivity contribution < 1.29 is 23.5 Å². The molecule has 0 bridgehead atoms. The van der Waals surface area contributed by atoms with E-state index in [0.29, 0.717) is 5.56 Å². The van der Waals surface area contributed by atoms with E-state index in [-0.39, 0.29) is 18.7 Å². The molecule has 2 atom stereocenters. The van der Waals surface area contributed by atoms with E-state index in [4.69, 9.17) is 10.5 Å². The fourth-order valence-electron chi connectivity index (χ4n) is 3.44. The predicted molar refractivity (Wildman–Crippen MR) is 87.2 cm³/mol. The molecule has 3 amide bonds. The number of amides is 3. The Bertz CT molecular complexity index is 774. The molecule has 1 aromatic carbocycles. The molecule has 8 heteroatoms. The Hall–Kier alpha value is -2.64. The number of hydrogen-bond donors (Lipinski definition) is 2. The van der Waals surface area contributed by atoms with Gasteiger partial charge in [0.25, 0.3) is 0 Å². The number of anilines is 1. The molecular formula is C17H20FN3O4. The third-order valence-electron chi connectivity index (χ3n) is 4.52. The number of hydrogen-bond acceptors (Lipinski definition) is 4. The molecule has 0 aliphatic carbocycles. The summed E-state index contributed by atoms with van der Waals surface area (Å²) < 4.78 is 19.3. The highest BCUT2D eigenvalue weighted by atomic mass is 19.1. The van der Waals surface area contributed by atoms with Crippen LogP contribution in [-0.4, -0.2) is 41.0 Å². The lowest BCUT2D eigenvalue weighted by Gasteiger charge is -2.27. The maximum Gasteiger partial charge on any atom is 0.411 e. The van der Waals surface area contributed by atoms with Crippen LogP contribution in [0.15, 0.2) is 18.2 Å². The van der Waals surface area contributed by atoms with Crippen LogP contribution >= 0.6 is 0 Å². The first-order chi connectivity index (χ1) is 11.5. The smallest absolute Gasteiger partial charge is 0.411 e. The summed E-state index contributed by atoms with van der Waals surface area (Å²) in [5.41, 5.74) is 3.97. The van der Waals surface area contributed by atoms with Crippen LogP contribution in [0.25, 0.3) is 0 Å². The summed E-state index contributed by atoms with van der Waals surface area (Å²) >= 11 is 0. The average Bonchev–Trinajstić information content (AvgIpc) is 3.01. The summed E-state index contributed by atoms with van der Waals surface area (Å²) in [6.45, 7) is 4.99. The summed E-state index contributed by atoms with van der Waals surface area (Å²) in [5.74, 6) is -1.75. The Morgan fingerprint density at radius 1 is 1.40 bits per heavy atom. The van der Waals surface area contributed by atoms with Crippen molar-refractivity contribution in [2.75, 3.05) is 11.9 Å². The van der Waals surface area contributed by atoms with Crippen LogP contribution in [-0.2, 0) is 19.7 Å². The highest BCUT2D eigenvalue weighted by Gasteiger charge is 2.58. The van der Waals surface area contributed by atoms with E-state index in [9.17, 15) is 18.8 Å². The van der Waals surface area contributed by atoms with E-state index >= 15 is 0 Å². The molecule has 0 unspecified atom stereocenters. The second kappa shape index (κ2) is 5.44. The Balaban J connectivity index is 2.01. The van der Waals surface area contributed by atoms with E-state index in [0.717, 1.165) is 4.90 Å². The number of rotatable bonds is 1. The number of para-hydroxylation sites is 1. The fraction of sp³-hybridized carbons (Fsp3) is 0.471. The van der Waals surface area contributed by atoms with Crippen LogP contribution in [0.1, 0.15) is 32.8 Å². The average molecular weight is 349 g/mol. The van der Waals surface area contributed by atoms with E-state index in [1.807, 2.05) is 0 Å². The molecule has 1 aromatic rings. The second-order valence-electron chi connectivity index (χ2n) is 7.43. The molecule has 25 heavy (non-hydrogen) atoms. The fourth-order valence-corrected chi connectivity index (χ4v) is 3.44. The molecule has 1 spiro atoms. The molecule has 1 fully saturated rings. The number of likely N-dealkylation sites (tertiary alicyclic amines) is 1. The van der Waals surface area contributed by atoms with Crippen LogP contribution in [0.3, 0.4) is 0 Å². The molecular weight excluding hydrogens is 329 g/mol. The molecule has 7 nitrogen and oxygen atoms in total. The molecule has 2 heterocycles. The van der Waals surface area contributed by atoms with Gasteiger partial charge in [-0.15, -0.1) is 0 Å². The zero-order valence-electron chi connectivity index (χ0n) is 14.3. The van der Waals surface area contributed by atoms with Gasteiger partial charge in [0.2, 0.25) is 11.8 Å².